The van der Waals surface area contributed by atoms with Crippen LogP contribution in [0.4, 0.5) is 19.0 Å². The maximum absolute atomic E-state index is 12.0. The van der Waals surface area contributed by atoms with Crippen LogP contribution in [-0.4, -0.2) is 27.3 Å². The molecule has 18 heavy (non-hydrogen) atoms. The maximum Gasteiger partial charge on any atom is 0.573 e. The fourth-order valence-electron chi connectivity index (χ4n) is 0.955. The lowest BCUT2D eigenvalue weighted by Gasteiger charge is -2.10. The Bertz CT molecular complexity index is 519. The summed E-state index contributed by atoms with van der Waals surface area (Å²) in [5.41, 5.74) is -0.988. The van der Waals surface area contributed by atoms with Crippen molar-refractivity contribution in [1.82, 2.24) is 4.98 Å². The Balaban J connectivity index is 3.41. The van der Waals surface area contributed by atoms with E-state index in [1.807, 2.05) is 0 Å². The van der Waals surface area contributed by atoms with Crippen molar-refractivity contribution in [3.63, 3.8) is 0 Å². The lowest BCUT2D eigenvalue weighted by molar-refractivity contribution is -0.389. The molecule has 1 aromatic rings. The van der Waals surface area contributed by atoms with Gasteiger partial charge in [0.15, 0.2) is 0 Å². The Morgan fingerprint density at radius 1 is 1.56 bits per heavy atom. The van der Waals surface area contributed by atoms with Gasteiger partial charge in [-0.2, -0.15) is 0 Å². The molecule has 0 aliphatic heterocycles. The van der Waals surface area contributed by atoms with E-state index in [0.29, 0.717) is 6.07 Å². The number of alkyl halides is 3. The minimum absolute atomic E-state index is 0.394. The van der Waals surface area contributed by atoms with Gasteiger partial charge in [-0.3, -0.25) is 0 Å². The molecule has 1 aromatic heterocycles. The number of aromatic nitrogens is 1. The third kappa shape index (κ3) is 3.41. The largest absolute Gasteiger partial charge is 0.573 e. The van der Waals surface area contributed by atoms with Crippen LogP contribution in [0.3, 0.4) is 0 Å². The molecule has 1 N–H and O–H groups in total. The van der Waals surface area contributed by atoms with Crippen molar-refractivity contribution < 1.29 is 32.7 Å². The van der Waals surface area contributed by atoms with Crippen LogP contribution in [0.5, 0.6) is 5.75 Å². The second-order valence-corrected chi connectivity index (χ2v) is 3.78. The minimum atomic E-state index is -5.12. The number of aromatic carboxylic acids is 1. The smallest absolute Gasteiger partial charge is 0.478 e. The summed E-state index contributed by atoms with van der Waals surface area (Å²) in [4.78, 5) is 23.3. The van der Waals surface area contributed by atoms with Crippen LogP contribution >= 0.6 is 22.6 Å². The highest BCUT2D eigenvalue weighted by Gasteiger charge is 2.36. The molecular weight excluding hydrogens is 376 g/mol. The van der Waals surface area contributed by atoms with Crippen LogP contribution < -0.4 is 4.74 Å². The molecule has 0 atom stereocenters. The van der Waals surface area contributed by atoms with E-state index in [9.17, 15) is 28.1 Å². The van der Waals surface area contributed by atoms with E-state index < -0.39 is 38.1 Å². The summed E-state index contributed by atoms with van der Waals surface area (Å²) in [5.74, 6) is -3.76. The molecule has 0 spiro atoms. The second-order valence-electron chi connectivity index (χ2n) is 2.76. The Morgan fingerprint density at radius 3 is 2.50 bits per heavy atom. The number of hydrogen-bond donors (Lipinski definition) is 1. The van der Waals surface area contributed by atoms with E-state index in [1.54, 1.807) is 0 Å². The molecule has 0 saturated carbocycles. The molecule has 0 aliphatic rings. The van der Waals surface area contributed by atoms with Gasteiger partial charge in [-0.15, -0.1) is 13.2 Å². The molecule has 98 valence electrons. The van der Waals surface area contributed by atoms with Crippen LogP contribution in [0.2, 0.25) is 0 Å². The Morgan fingerprint density at radius 2 is 2.11 bits per heavy atom. The highest BCUT2D eigenvalue weighted by Crippen LogP contribution is 2.32. The SMILES string of the molecule is O=C(O)c1cc([N+](=O)[O-])nc(I)c1OC(F)(F)F. The van der Waals surface area contributed by atoms with Crippen LogP contribution in [0, 0.1) is 13.8 Å². The number of ether oxygens (including phenoxy) is 1. The number of carbonyl (C=O) groups is 1. The van der Waals surface area contributed by atoms with Gasteiger partial charge in [0.25, 0.3) is 3.70 Å². The third-order valence-corrected chi connectivity index (χ3v) is 2.28. The Kier molecular flexibility index (Phi) is 3.93. The molecule has 0 fully saturated rings. The third-order valence-electron chi connectivity index (χ3n) is 1.55. The molecule has 7 nitrogen and oxygen atoms in total. The van der Waals surface area contributed by atoms with Crippen molar-refractivity contribution in [2.24, 2.45) is 0 Å². The van der Waals surface area contributed by atoms with Crippen LogP contribution in [-0.2, 0) is 0 Å². The molecule has 0 saturated heterocycles. The van der Waals surface area contributed by atoms with Crippen molar-refractivity contribution in [3.05, 3.63) is 25.4 Å². The fourth-order valence-corrected chi connectivity index (χ4v) is 1.60. The Labute approximate surface area is 110 Å². The highest BCUT2D eigenvalue weighted by atomic mass is 127. The van der Waals surface area contributed by atoms with E-state index in [1.165, 1.54) is 22.6 Å². The molecule has 0 radical (unpaired) electrons. The fraction of sp³-hybridized carbons (Fsp3) is 0.143. The van der Waals surface area contributed by atoms with Crippen LogP contribution in [0.25, 0.3) is 0 Å². The predicted octanol–water partition coefficient (Wildman–Crippen LogP) is 2.19. The molecule has 0 amide bonds. The molecule has 0 aliphatic carbocycles. The van der Waals surface area contributed by atoms with Gasteiger partial charge in [-0.05, 0) is 9.91 Å². The van der Waals surface area contributed by atoms with Crippen molar-refractivity contribution in [1.29, 1.82) is 0 Å². The van der Waals surface area contributed by atoms with E-state index >= 15 is 0 Å². The minimum Gasteiger partial charge on any atom is -0.478 e. The van der Waals surface area contributed by atoms with Crippen molar-refractivity contribution in [2.75, 3.05) is 0 Å². The number of nitrogens with zero attached hydrogens (tertiary/aromatic N) is 2. The summed E-state index contributed by atoms with van der Waals surface area (Å²) < 4.78 is 39.0. The zero-order chi connectivity index (χ0) is 14.1. The number of rotatable bonds is 3. The maximum atomic E-state index is 12.0. The van der Waals surface area contributed by atoms with E-state index in [-0.39, 0.29) is 0 Å². The van der Waals surface area contributed by atoms with Gasteiger partial charge >= 0.3 is 18.1 Å². The highest BCUT2D eigenvalue weighted by molar-refractivity contribution is 14.1. The molecule has 11 heteroatoms. The van der Waals surface area contributed by atoms with Crippen LogP contribution in [0.15, 0.2) is 6.07 Å². The van der Waals surface area contributed by atoms with Gasteiger partial charge in [0, 0.05) is 22.6 Å². The van der Waals surface area contributed by atoms with E-state index in [2.05, 4.69) is 9.72 Å². The number of carboxylic acids is 1. The van der Waals surface area contributed by atoms with Crippen molar-refractivity contribution in [3.8, 4) is 5.75 Å². The number of carboxylic acid groups (broad SMARTS) is 1. The summed E-state index contributed by atoms with van der Waals surface area (Å²) in [5, 5.41) is 19.1. The molecule has 0 bridgehead atoms. The molecule has 0 aromatic carbocycles. The summed E-state index contributed by atoms with van der Waals surface area (Å²) >= 11 is 1.21. The normalized spacial score (nSPS) is 11.1. The molecule has 1 heterocycles. The number of pyridine rings is 1. The number of nitro groups is 1. The molecule has 0 unspecified atom stereocenters. The second kappa shape index (κ2) is 4.91. The average molecular weight is 378 g/mol. The van der Waals surface area contributed by atoms with Gasteiger partial charge < -0.3 is 20.0 Å². The summed E-state index contributed by atoms with van der Waals surface area (Å²) in [7, 11) is 0. The monoisotopic (exact) mass is 378 g/mol. The van der Waals surface area contributed by atoms with Gasteiger partial charge in [0.1, 0.15) is 5.56 Å². The van der Waals surface area contributed by atoms with Crippen molar-refractivity contribution in [2.45, 2.75) is 6.36 Å². The standard InChI is InChI=1S/C7H2F3IN2O5/c8-7(9,10)18-4-2(6(14)15)1-3(13(16)17)12-5(4)11/h1H,(H,14,15). The number of halogens is 4. The zero-order valence-corrected chi connectivity index (χ0v) is 10.2. The predicted molar refractivity (Wildman–Crippen MR) is 57.3 cm³/mol. The topological polar surface area (TPSA) is 103 Å². The first-order valence-electron chi connectivity index (χ1n) is 3.96. The van der Waals surface area contributed by atoms with Gasteiger partial charge in [-0.1, -0.05) is 0 Å². The first-order valence-corrected chi connectivity index (χ1v) is 5.03. The van der Waals surface area contributed by atoms with Gasteiger partial charge in [-0.25, -0.2) is 4.79 Å². The first-order chi connectivity index (χ1) is 8.11. The lowest BCUT2D eigenvalue weighted by atomic mass is 10.2. The average Bonchev–Trinajstić information content (AvgIpc) is 2.18. The summed E-state index contributed by atoms with van der Waals surface area (Å²) in [6.45, 7) is 0. The first kappa shape index (κ1) is 14.4. The molecule has 1 rings (SSSR count). The lowest BCUT2D eigenvalue weighted by Crippen LogP contribution is -2.20. The zero-order valence-electron chi connectivity index (χ0n) is 8.06. The van der Waals surface area contributed by atoms with E-state index in [0.717, 1.165) is 0 Å². The quantitative estimate of drug-likeness (QED) is 0.375. The summed E-state index contributed by atoms with van der Waals surface area (Å²) in [6, 6.07) is 0.394. The van der Waals surface area contributed by atoms with Gasteiger partial charge in [0.05, 0.1) is 6.07 Å². The Hall–Kier alpha value is -1.66. The van der Waals surface area contributed by atoms with Crippen molar-refractivity contribution >= 4 is 34.4 Å². The molecular formula is C7H2F3IN2O5. The number of hydrogen-bond acceptors (Lipinski definition) is 5. The van der Waals surface area contributed by atoms with Crippen LogP contribution in [0.1, 0.15) is 10.4 Å². The summed E-state index contributed by atoms with van der Waals surface area (Å²) in [6.07, 6.45) is -5.12. The van der Waals surface area contributed by atoms with Gasteiger partial charge in [0.2, 0.25) is 5.75 Å². The van der Waals surface area contributed by atoms with E-state index in [4.69, 9.17) is 5.11 Å².